The molecule has 2 heterocycles. The van der Waals surface area contributed by atoms with Gasteiger partial charge < -0.3 is 15.5 Å². The Morgan fingerprint density at radius 2 is 2.23 bits per heavy atom. The number of likely N-dealkylation sites (tertiary alicyclic amines) is 1. The maximum absolute atomic E-state index is 11.6. The van der Waals surface area contributed by atoms with E-state index in [9.17, 15) is 4.79 Å². The van der Waals surface area contributed by atoms with Crippen molar-refractivity contribution in [3.05, 3.63) is 0 Å². The first-order valence-electron chi connectivity index (χ1n) is 8.93. The predicted octanol–water partition coefficient (Wildman–Crippen LogP) is 1.74. The van der Waals surface area contributed by atoms with Gasteiger partial charge in [-0.15, -0.1) is 0 Å². The van der Waals surface area contributed by atoms with Gasteiger partial charge in [-0.05, 0) is 25.2 Å². The van der Waals surface area contributed by atoms with Crippen LogP contribution in [-0.4, -0.2) is 50.0 Å². The largest absolute Gasteiger partial charge is 0.356 e. The minimum atomic E-state index is 0.137. The summed E-state index contributed by atoms with van der Waals surface area (Å²) in [5, 5.41) is 6.57. The molecule has 3 fully saturated rings. The van der Waals surface area contributed by atoms with E-state index in [1.165, 1.54) is 32.1 Å². The standard InChI is InChI=1S/C17H30N4O/c1-18-16(19-9-7-14-5-2-3-6-14)21-10-4-8-17(13-21)11-15(22)20-12-17/h14H,2-13H2,1H3,(H,18,19)(H,20,22). The van der Waals surface area contributed by atoms with E-state index < -0.39 is 0 Å². The molecule has 2 saturated heterocycles. The summed E-state index contributed by atoms with van der Waals surface area (Å²) in [5.41, 5.74) is 0.137. The van der Waals surface area contributed by atoms with Crippen molar-refractivity contribution in [2.24, 2.45) is 16.3 Å². The second-order valence-electron chi connectivity index (χ2n) is 7.39. The van der Waals surface area contributed by atoms with Crippen LogP contribution in [0.25, 0.3) is 0 Å². The van der Waals surface area contributed by atoms with Crippen molar-refractivity contribution in [3.63, 3.8) is 0 Å². The second kappa shape index (κ2) is 6.88. The third-order valence-corrected chi connectivity index (χ3v) is 5.68. The summed E-state index contributed by atoms with van der Waals surface area (Å²) in [7, 11) is 1.87. The van der Waals surface area contributed by atoms with Crippen molar-refractivity contribution in [2.45, 2.75) is 51.4 Å². The first-order valence-corrected chi connectivity index (χ1v) is 8.93. The van der Waals surface area contributed by atoms with Crippen molar-refractivity contribution >= 4 is 11.9 Å². The highest BCUT2D eigenvalue weighted by molar-refractivity contribution is 5.81. The fourth-order valence-electron chi connectivity index (χ4n) is 4.45. The van der Waals surface area contributed by atoms with Crippen LogP contribution in [-0.2, 0) is 4.79 Å². The molecule has 3 rings (SSSR count). The molecule has 1 aliphatic carbocycles. The number of hydrogen-bond acceptors (Lipinski definition) is 2. The molecule has 1 atom stereocenters. The second-order valence-corrected chi connectivity index (χ2v) is 7.39. The molecule has 3 aliphatic rings. The third-order valence-electron chi connectivity index (χ3n) is 5.68. The van der Waals surface area contributed by atoms with Crippen molar-refractivity contribution in [2.75, 3.05) is 33.2 Å². The average molecular weight is 306 g/mol. The summed E-state index contributed by atoms with van der Waals surface area (Å²) in [6, 6.07) is 0. The Morgan fingerprint density at radius 3 is 2.91 bits per heavy atom. The maximum atomic E-state index is 11.6. The fraction of sp³-hybridized carbons (Fsp3) is 0.882. The van der Waals surface area contributed by atoms with Gasteiger partial charge in [0.05, 0.1) is 0 Å². The van der Waals surface area contributed by atoms with E-state index >= 15 is 0 Å². The van der Waals surface area contributed by atoms with Crippen molar-refractivity contribution in [1.82, 2.24) is 15.5 Å². The molecule has 0 bridgehead atoms. The molecule has 1 unspecified atom stereocenters. The lowest BCUT2D eigenvalue weighted by Crippen LogP contribution is -2.51. The van der Waals surface area contributed by atoms with Gasteiger partial charge in [-0.3, -0.25) is 9.79 Å². The molecule has 1 saturated carbocycles. The lowest BCUT2D eigenvalue weighted by Gasteiger charge is -2.40. The number of rotatable bonds is 3. The molecule has 5 nitrogen and oxygen atoms in total. The van der Waals surface area contributed by atoms with Crippen LogP contribution in [0.15, 0.2) is 4.99 Å². The molecular weight excluding hydrogens is 276 g/mol. The molecular formula is C17H30N4O. The minimum absolute atomic E-state index is 0.137. The molecule has 124 valence electrons. The van der Waals surface area contributed by atoms with Gasteiger partial charge in [0.1, 0.15) is 0 Å². The van der Waals surface area contributed by atoms with Crippen LogP contribution in [0.1, 0.15) is 51.4 Å². The molecule has 0 aromatic carbocycles. The van der Waals surface area contributed by atoms with Gasteiger partial charge in [-0.1, -0.05) is 25.7 Å². The number of carbonyl (C=O) groups excluding carboxylic acids is 1. The number of hydrogen-bond donors (Lipinski definition) is 2. The molecule has 5 heteroatoms. The summed E-state index contributed by atoms with van der Waals surface area (Å²) < 4.78 is 0. The number of amides is 1. The number of guanidine groups is 1. The van der Waals surface area contributed by atoms with Gasteiger partial charge in [0.2, 0.25) is 5.91 Å². The molecule has 2 N–H and O–H groups in total. The molecule has 2 aliphatic heterocycles. The zero-order valence-electron chi connectivity index (χ0n) is 13.9. The summed E-state index contributed by atoms with van der Waals surface area (Å²) in [5.74, 6) is 2.15. The summed E-state index contributed by atoms with van der Waals surface area (Å²) in [6.45, 7) is 3.87. The van der Waals surface area contributed by atoms with E-state index in [4.69, 9.17) is 0 Å². The van der Waals surface area contributed by atoms with E-state index in [0.717, 1.165) is 50.9 Å². The Balaban J connectivity index is 1.50. The molecule has 1 spiro atoms. The average Bonchev–Trinajstić information content (AvgIpc) is 3.14. The smallest absolute Gasteiger partial charge is 0.220 e. The van der Waals surface area contributed by atoms with Crippen LogP contribution in [0.5, 0.6) is 0 Å². The molecule has 0 aromatic rings. The Hall–Kier alpha value is -1.26. The van der Waals surface area contributed by atoms with Crippen LogP contribution in [0, 0.1) is 11.3 Å². The van der Waals surface area contributed by atoms with E-state index in [0.29, 0.717) is 6.42 Å². The summed E-state index contributed by atoms with van der Waals surface area (Å²) in [6.07, 6.45) is 9.88. The lowest BCUT2D eigenvalue weighted by molar-refractivity contribution is -0.119. The van der Waals surface area contributed by atoms with Crippen LogP contribution in [0.3, 0.4) is 0 Å². The number of aliphatic imine (C=N–C) groups is 1. The highest BCUT2D eigenvalue weighted by Crippen LogP contribution is 2.36. The number of piperidine rings is 1. The molecule has 22 heavy (non-hydrogen) atoms. The normalized spacial score (nSPS) is 30.1. The highest BCUT2D eigenvalue weighted by atomic mass is 16.1. The zero-order chi connectivity index (χ0) is 15.4. The third kappa shape index (κ3) is 3.55. The molecule has 0 aromatic heterocycles. The topological polar surface area (TPSA) is 56.7 Å². The lowest BCUT2D eigenvalue weighted by atomic mass is 9.79. The van der Waals surface area contributed by atoms with E-state index in [2.05, 4.69) is 20.5 Å². The van der Waals surface area contributed by atoms with Gasteiger partial charge in [-0.2, -0.15) is 0 Å². The SMILES string of the molecule is CN=C(NCCC1CCCC1)N1CCCC2(CNC(=O)C2)C1. The highest BCUT2D eigenvalue weighted by Gasteiger charge is 2.42. The first kappa shape index (κ1) is 15.6. The Morgan fingerprint density at radius 1 is 1.41 bits per heavy atom. The van der Waals surface area contributed by atoms with E-state index in [-0.39, 0.29) is 11.3 Å². The van der Waals surface area contributed by atoms with Gasteiger partial charge in [0, 0.05) is 45.1 Å². The minimum Gasteiger partial charge on any atom is -0.356 e. The van der Waals surface area contributed by atoms with Crippen LogP contribution >= 0.6 is 0 Å². The number of carbonyl (C=O) groups is 1. The van der Waals surface area contributed by atoms with Gasteiger partial charge in [0.15, 0.2) is 5.96 Å². The number of nitrogens with zero attached hydrogens (tertiary/aromatic N) is 2. The Bertz CT molecular complexity index is 430. The maximum Gasteiger partial charge on any atom is 0.220 e. The fourth-order valence-corrected chi connectivity index (χ4v) is 4.45. The number of nitrogens with one attached hydrogen (secondary N) is 2. The quantitative estimate of drug-likeness (QED) is 0.617. The summed E-state index contributed by atoms with van der Waals surface area (Å²) >= 11 is 0. The van der Waals surface area contributed by atoms with Gasteiger partial charge >= 0.3 is 0 Å². The molecule has 0 radical (unpaired) electrons. The van der Waals surface area contributed by atoms with Crippen LogP contribution in [0.4, 0.5) is 0 Å². The molecule has 1 amide bonds. The van der Waals surface area contributed by atoms with Crippen molar-refractivity contribution < 1.29 is 4.79 Å². The van der Waals surface area contributed by atoms with Gasteiger partial charge in [0.25, 0.3) is 0 Å². The Kier molecular flexibility index (Phi) is 4.89. The van der Waals surface area contributed by atoms with Gasteiger partial charge in [-0.25, -0.2) is 0 Å². The van der Waals surface area contributed by atoms with E-state index in [1.807, 2.05) is 7.05 Å². The zero-order valence-corrected chi connectivity index (χ0v) is 13.9. The van der Waals surface area contributed by atoms with Crippen LogP contribution < -0.4 is 10.6 Å². The summed E-state index contributed by atoms with van der Waals surface area (Å²) in [4.78, 5) is 18.4. The monoisotopic (exact) mass is 306 g/mol. The van der Waals surface area contributed by atoms with Crippen molar-refractivity contribution in [1.29, 1.82) is 0 Å². The van der Waals surface area contributed by atoms with Crippen LogP contribution in [0.2, 0.25) is 0 Å². The predicted molar refractivity (Wildman–Crippen MR) is 88.8 cm³/mol. The first-order chi connectivity index (χ1) is 10.7. The van der Waals surface area contributed by atoms with E-state index in [1.54, 1.807) is 0 Å². The Labute approximate surface area is 133 Å². The van der Waals surface area contributed by atoms with Crippen molar-refractivity contribution in [3.8, 4) is 0 Å².